The molecule has 0 spiro atoms. The Balaban J connectivity index is 1.42. The van der Waals surface area contributed by atoms with Gasteiger partial charge in [0.05, 0.1) is 0 Å². The van der Waals surface area contributed by atoms with Gasteiger partial charge >= 0.3 is 0 Å². The Morgan fingerprint density at radius 1 is 0.667 bits per heavy atom. The Bertz CT molecular complexity index is 926. The summed E-state index contributed by atoms with van der Waals surface area (Å²) < 4.78 is 26.7. The topological polar surface area (TPSA) is 50.1 Å². The highest BCUT2D eigenvalue weighted by atomic mass is 19.1. The molecule has 0 saturated heterocycles. The molecule has 0 saturated carbocycles. The van der Waals surface area contributed by atoms with Crippen LogP contribution in [-0.2, 0) is 25.9 Å². The number of halogens is 2. The van der Waals surface area contributed by atoms with Gasteiger partial charge in [0.25, 0.3) is 0 Å². The fraction of sp³-hybridized carbons (Fsp3) is 0.280. The maximum atomic E-state index is 13.7. The summed E-state index contributed by atoms with van der Waals surface area (Å²) in [5, 5.41) is 6.83. The molecule has 0 amide bonds. The zero-order valence-corrected chi connectivity index (χ0v) is 17.1. The maximum Gasteiger partial charge on any atom is 0.123 e. The van der Waals surface area contributed by atoms with Gasteiger partial charge in [-0.3, -0.25) is 0 Å². The van der Waals surface area contributed by atoms with Crippen LogP contribution in [0.3, 0.4) is 0 Å². The summed E-state index contributed by atoms with van der Waals surface area (Å²) in [7, 11) is 0. The van der Waals surface area contributed by atoms with Crippen molar-refractivity contribution in [1.29, 1.82) is 0 Å². The van der Waals surface area contributed by atoms with Gasteiger partial charge in [0, 0.05) is 18.8 Å². The van der Waals surface area contributed by atoms with Crippen molar-refractivity contribution in [3.8, 4) is 0 Å². The van der Waals surface area contributed by atoms with E-state index in [0.717, 1.165) is 66.8 Å². The average molecular weight is 410 g/mol. The average Bonchev–Trinajstić information content (AvgIpc) is 2.73. The van der Waals surface area contributed by atoms with E-state index in [-0.39, 0.29) is 11.6 Å². The molecule has 0 aromatic heterocycles. The van der Waals surface area contributed by atoms with E-state index in [1.807, 2.05) is 30.3 Å². The number of nitrogen functional groups attached to an aromatic ring is 1. The van der Waals surface area contributed by atoms with Gasteiger partial charge in [-0.15, -0.1) is 0 Å². The predicted molar refractivity (Wildman–Crippen MR) is 119 cm³/mol. The molecular formula is C25H29F2N3. The lowest BCUT2D eigenvalue weighted by atomic mass is 10.0. The van der Waals surface area contributed by atoms with E-state index < -0.39 is 0 Å². The van der Waals surface area contributed by atoms with E-state index in [4.69, 9.17) is 5.73 Å². The number of nitrogens with one attached hydrogen (secondary N) is 2. The fourth-order valence-corrected chi connectivity index (χ4v) is 3.45. The lowest BCUT2D eigenvalue weighted by Crippen LogP contribution is -2.18. The van der Waals surface area contributed by atoms with Crippen molar-refractivity contribution in [2.45, 2.75) is 32.4 Å². The zero-order chi connectivity index (χ0) is 21.2. The van der Waals surface area contributed by atoms with Gasteiger partial charge in [0.1, 0.15) is 11.6 Å². The first-order chi connectivity index (χ1) is 14.6. The highest BCUT2D eigenvalue weighted by Gasteiger charge is 2.05. The quantitative estimate of drug-likeness (QED) is 0.320. The van der Waals surface area contributed by atoms with E-state index in [9.17, 15) is 8.78 Å². The highest BCUT2D eigenvalue weighted by Crippen LogP contribution is 2.14. The molecule has 4 N–H and O–H groups in total. The summed E-state index contributed by atoms with van der Waals surface area (Å²) in [5.41, 5.74) is 11.0. The molecule has 3 aromatic rings. The molecule has 5 heteroatoms. The number of rotatable bonds is 11. The molecule has 0 atom stereocenters. The number of hydrogen-bond donors (Lipinski definition) is 3. The zero-order valence-electron chi connectivity index (χ0n) is 17.1. The van der Waals surface area contributed by atoms with Crippen molar-refractivity contribution in [3.63, 3.8) is 0 Å². The van der Waals surface area contributed by atoms with Gasteiger partial charge in [-0.1, -0.05) is 30.3 Å². The first-order valence-corrected chi connectivity index (χ1v) is 10.4. The molecule has 0 heterocycles. The Labute approximate surface area is 177 Å². The molecule has 30 heavy (non-hydrogen) atoms. The SMILES string of the molecule is Nc1cccc(CNCCCc2cc(F)ccc2CNCCc2ccc(F)cc2)c1. The third-order valence-electron chi connectivity index (χ3n) is 5.07. The third-order valence-corrected chi connectivity index (χ3v) is 5.07. The first-order valence-electron chi connectivity index (χ1n) is 10.4. The number of hydrogen-bond acceptors (Lipinski definition) is 3. The lowest BCUT2D eigenvalue weighted by molar-refractivity contribution is 0.612. The molecule has 0 radical (unpaired) electrons. The van der Waals surface area contributed by atoms with Gasteiger partial charge in [-0.2, -0.15) is 0 Å². The van der Waals surface area contributed by atoms with Crippen LogP contribution >= 0.6 is 0 Å². The predicted octanol–water partition coefficient (Wildman–Crippen LogP) is 4.60. The van der Waals surface area contributed by atoms with Crippen molar-refractivity contribution in [1.82, 2.24) is 10.6 Å². The number of aryl methyl sites for hydroxylation is 1. The van der Waals surface area contributed by atoms with Gasteiger partial charge in [-0.25, -0.2) is 8.78 Å². The minimum atomic E-state index is -0.218. The van der Waals surface area contributed by atoms with Crippen molar-refractivity contribution in [2.24, 2.45) is 0 Å². The van der Waals surface area contributed by atoms with Crippen molar-refractivity contribution >= 4 is 5.69 Å². The summed E-state index contributed by atoms with van der Waals surface area (Å²) in [6.07, 6.45) is 2.57. The molecule has 3 rings (SSSR count). The van der Waals surface area contributed by atoms with Crippen LogP contribution in [0.15, 0.2) is 66.7 Å². The second kappa shape index (κ2) is 11.4. The smallest absolute Gasteiger partial charge is 0.123 e. The maximum absolute atomic E-state index is 13.7. The fourth-order valence-electron chi connectivity index (χ4n) is 3.45. The summed E-state index contributed by atoms with van der Waals surface area (Å²) in [4.78, 5) is 0. The van der Waals surface area contributed by atoms with Crippen LogP contribution < -0.4 is 16.4 Å². The minimum absolute atomic E-state index is 0.201. The normalized spacial score (nSPS) is 11.0. The van der Waals surface area contributed by atoms with Gasteiger partial charge < -0.3 is 16.4 Å². The van der Waals surface area contributed by atoms with Gasteiger partial charge in [0.15, 0.2) is 0 Å². The number of benzene rings is 3. The standard InChI is InChI=1S/C25H29F2N3/c26-23-9-6-19(7-10-23)12-14-30-18-22-8-11-24(27)16-21(22)4-2-13-29-17-20-3-1-5-25(28)15-20/h1,3,5-11,15-16,29-30H,2,4,12-14,17-18,28H2. The third kappa shape index (κ3) is 7.25. The van der Waals surface area contributed by atoms with Crippen LogP contribution in [-0.4, -0.2) is 13.1 Å². The molecular weight excluding hydrogens is 380 g/mol. The van der Waals surface area contributed by atoms with Gasteiger partial charge in [-0.05, 0) is 91.0 Å². The van der Waals surface area contributed by atoms with Crippen molar-refractivity contribution < 1.29 is 8.78 Å². The number of anilines is 1. The van der Waals surface area contributed by atoms with Gasteiger partial charge in [0.2, 0.25) is 0 Å². The largest absolute Gasteiger partial charge is 0.399 e. The van der Waals surface area contributed by atoms with Crippen LogP contribution in [0.25, 0.3) is 0 Å². The summed E-state index contributed by atoms with van der Waals surface area (Å²) in [6.45, 7) is 3.09. The van der Waals surface area contributed by atoms with Crippen molar-refractivity contribution in [2.75, 3.05) is 18.8 Å². The molecule has 0 fully saturated rings. The molecule has 0 unspecified atom stereocenters. The van der Waals surface area contributed by atoms with Crippen LogP contribution in [0.5, 0.6) is 0 Å². The Hall–Kier alpha value is -2.76. The molecule has 3 nitrogen and oxygen atoms in total. The molecule has 0 aliphatic carbocycles. The van der Waals surface area contributed by atoms with Crippen LogP contribution in [0.4, 0.5) is 14.5 Å². The van der Waals surface area contributed by atoms with Crippen LogP contribution in [0.2, 0.25) is 0 Å². The molecule has 0 aliphatic heterocycles. The van der Waals surface area contributed by atoms with Crippen LogP contribution in [0, 0.1) is 11.6 Å². The van der Waals surface area contributed by atoms with Crippen molar-refractivity contribution in [3.05, 3.63) is 101 Å². The van der Waals surface area contributed by atoms with Crippen LogP contribution in [0.1, 0.15) is 28.7 Å². The monoisotopic (exact) mass is 409 g/mol. The lowest BCUT2D eigenvalue weighted by Gasteiger charge is -2.12. The molecule has 3 aromatic carbocycles. The summed E-state index contributed by atoms with van der Waals surface area (Å²) >= 11 is 0. The Morgan fingerprint density at radius 3 is 2.23 bits per heavy atom. The second-order valence-electron chi connectivity index (χ2n) is 7.49. The molecule has 0 bridgehead atoms. The van der Waals surface area contributed by atoms with E-state index in [0.29, 0.717) is 6.54 Å². The molecule has 158 valence electrons. The van der Waals surface area contributed by atoms with E-state index in [1.165, 1.54) is 18.2 Å². The summed E-state index contributed by atoms with van der Waals surface area (Å²) in [5.74, 6) is -0.419. The summed E-state index contributed by atoms with van der Waals surface area (Å²) in [6, 6.07) is 19.4. The molecule has 0 aliphatic rings. The van der Waals surface area contributed by atoms with E-state index >= 15 is 0 Å². The van der Waals surface area contributed by atoms with E-state index in [1.54, 1.807) is 18.2 Å². The minimum Gasteiger partial charge on any atom is -0.399 e. The van der Waals surface area contributed by atoms with E-state index in [2.05, 4.69) is 10.6 Å². The highest BCUT2D eigenvalue weighted by molar-refractivity contribution is 5.40. The number of nitrogens with two attached hydrogens (primary N) is 1. The first kappa shape index (κ1) is 21.9. The Kier molecular flexibility index (Phi) is 8.36. The second-order valence-corrected chi connectivity index (χ2v) is 7.49. The Morgan fingerprint density at radius 2 is 1.43 bits per heavy atom.